The van der Waals surface area contributed by atoms with Gasteiger partial charge in [0.05, 0.1) is 0 Å². The zero-order chi connectivity index (χ0) is 36.2. The van der Waals surface area contributed by atoms with Crippen LogP contribution in [0.2, 0.25) is 0 Å². The molecule has 4 N–H and O–H groups in total. The van der Waals surface area contributed by atoms with Gasteiger partial charge in [-0.2, -0.15) is 0 Å². The Morgan fingerprint density at radius 3 is 0.778 bits per heavy atom. The molecular weight excluding hydrogens is 653 g/mol. The maximum Gasteiger partial charge on any atom is 0.0400 e. The minimum absolute atomic E-state index is 0.731. The molecule has 0 unspecified atom stereocenters. The summed E-state index contributed by atoms with van der Waals surface area (Å²) in [4.78, 5) is 0. The standard InChI is InChI=1S/C52H36N2/c53-47-31-29-45(49(41-25-9-17-33-13-1-5-21-37(33)41)51(47)43-27-11-19-35-15-3-7-23-39(35)43)46-30-32-48(54)52(44-28-12-20-36-16-4-8-24-40(36)44)50(46)42-26-10-18-34-14-2-6-22-38(34)42/h1-32H,53-54H2. The molecule has 0 aliphatic heterocycles. The average molecular weight is 689 g/mol. The number of fused-ring (bicyclic) bond motifs is 4. The summed E-state index contributed by atoms with van der Waals surface area (Å²) in [5.74, 6) is 0. The molecule has 0 saturated carbocycles. The Hall–Kier alpha value is -7.16. The van der Waals surface area contributed by atoms with Gasteiger partial charge in [0.15, 0.2) is 0 Å². The minimum atomic E-state index is 0.731. The van der Waals surface area contributed by atoms with E-state index in [-0.39, 0.29) is 0 Å². The summed E-state index contributed by atoms with van der Waals surface area (Å²) in [7, 11) is 0. The van der Waals surface area contributed by atoms with E-state index in [0.717, 1.165) is 77.8 Å². The van der Waals surface area contributed by atoms with Crippen molar-refractivity contribution in [2.24, 2.45) is 0 Å². The summed E-state index contributed by atoms with van der Waals surface area (Å²) in [6, 6.07) is 69.3. The fourth-order valence-corrected chi connectivity index (χ4v) is 8.60. The van der Waals surface area contributed by atoms with E-state index in [4.69, 9.17) is 11.5 Å². The number of nitrogen functional groups attached to an aromatic ring is 2. The van der Waals surface area contributed by atoms with Crippen molar-refractivity contribution >= 4 is 54.5 Å². The topological polar surface area (TPSA) is 52.0 Å². The lowest BCUT2D eigenvalue weighted by molar-refractivity contribution is 1.56. The zero-order valence-corrected chi connectivity index (χ0v) is 29.6. The van der Waals surface area contributed by atoms with E-state index in [0.29, 0.717) is 0 Å². The summed E-state index contributed by atoms with van der Waals surface area (Å²) < 4.78 is 0. The third-order valence-corrected chi connectivity index (χ3v) is 11.0. The van der Waals surface area contributed by atoms with Crippen molar-refractivity contribution in [3.8, 4) is 55.6 Å². The molecule has 0 heterocycles. The molecule has 0 bridgehead atoms. The van der Waals surface area contributed by atoms with Gasteiger partial charge in [-0.25, -0.2) is 0 Å². The quantitative estimate of drug-likeness (QED) is 0.177. The van der Waals surface area contributed by atoms with E-state index >= 15 is 0 Å². The maximum absolute atomic E-state index is 7.18. The Morgan fingerprint density at radius 1 is 0.204 bits per heavy atom. The molecule has 10 aromatic carbocycles. The predicted octanol–water partition coefficient (Wildman–Crippen LogP) is 13.8. The van der Waals surface area contributed by atoms with E-state index in [9.17, 15) is 0 Å². The summed E-state index contributed by atoms with van der Waals surface area (Å²) >= 11 is 0. The normalized spacial score (nSPS) is 11.5. The van der Waals surface area contributed by atoms with Gasteiger partial charge >= 0.3 is 0 Å². The van der Waals surface area contributed by atoms with Crippen LogP contribution < -0.4 is 11.5 Å². The third kappa shape index (κ3) is 5.03. The Morgan fingerprint density at radius 2 is 0.463 bits per heavy atom. The zero-order valence-electron chi connectivity index (χ0n) is 29.6. The molecule has 0 aliphatic carbocycles. The van der Waals surface area contributed by atoms with Crippen molar-refractivity contribution < 1.29 is 0 Å². The van der Waals surface area contributed by atoms with E-state index in [2.05, 4.69) is 194 Å². The van der Waals surface area contributed by atoms with Crippen LogP contribution >= 0.6 is 0 Å². The number of benzene rings is 10. The summed E-state index contributed by atoms with van der Waals surface area (Å²) in [6.45, 7) is 0. The Bertz CT molecular complexity index is 2850. The molecule has 0 amide bonds. The molecule has 254 valence electrons. The van der Waals surface area contributed by atoms with Gasteiger partial charge in [0.25, 0.3) is 0 Å². The summed E-state index contributed by atoms with van der Waals surface area (Å²) in [6.07, 6.45) is 0. The first-order valence-electron chi connectivity index (χ1n) is 18.4. The molecule has 10 aromatic rings. The number of anilines is 2. The molecule has 0 aliphatic rings. The van der Waals surface area contributed by atoms with Gasteiger partial charge in [-0.05, 0) is 88.6 Å². The number of rotatable bonds is 5. The van der Waals surface area contributed by atoms with Crippen molar-refractivity contribution in [3.63, 3.8) is 0 Å². The highest BCUT2D eigenvalue weighted by Gasteiger charge is 2.25. The molecule has 2 heteroatoms. The predicted molar refractivity (Wildman–Crippen MR) is 232 cm³/mol. The van der Waals surface area contributed by atoms with Crippen LogP contribution in [0.1, 0.15) is 0 Å². The van der Waals surface area contributed by atoms with Crippen LogP contribution in [0.5, 0.6) is 0 Å². The van der Waals surface area contributed by atoms with Gasteiger partial charge in [0.1, 0.15) is 0 Å². The molecule has 0 atom stereocenters. The number of hydrogen-bond acceptors (Lipinski definition) is 2. The molecule has 2 nitrogen and oxygen atoms in total. The van der Waals surface area contributed by atoms with Crippen LogP contribution in [0, 0.1) is 0 Å². The third-order valence-electron chi connectivity index (χ3n) is 11.0. The largest absolute Gasteiger partial charge is 0.398 e. The molecule has 0 fully saturated rings. The van der Waals surface area contributed by atoms with Crippen LogP contribution in [-0.4, -0.2) is 0 Å². The second-order valence-corrected chi connectivity index (χ2v) is 14.0. The summed E-state index contributed by atoms with van der Waals surface area (Å²) in [5, 5.41) is 9.36. The van der Waals surface area contributed by atoms with Crippen LogP contribution in [0.3, 0.4) is 0 Å². The molecule has 0 radical (unpaired) electrons. The first-order valence-corrected chi connectivity index (χ1v) is 18.4. The fraction of sp³-hybridized carbons (Fsp3) is 0. The van der Waals surface area contributed by atoms with Crippen LogP contribution in [0.25, 0.3) is 98.7 Å². The monoisotopic (exact) mass is 688 g/mol. The molecule has 10 rings (SSSR count). The van der Waals surface area contributed by atoms with Gasteiger partial charge in [-0.15, -0.1) is 0 Å². The van der Waals surface area contributed by atoms with Crippen molar-refractivity contribution in [3.05, 3.63) is 194 Å². The first kappa shape index (κ1) is 31.6. The lowest BCUT2D eigenvalue weighted by Crippen LogP contribution is -2.01. The van der Waals surface area contributed by atoms with E-state index in [1.165, 1.54) is 32.3 Å². The number of nitrogens with two attached hydrogens (primary N) is 2. The van der Waals surface area contributed by atoms with E-state index in [1.54, 1.807) is 0 Å². The molecular formula is C52H36N2. The highest BCUT2D eigenvalue weighted by molar-refractivity contribution is 6.16. The van der Waals surface area contributed by atoms with Crippen molar-refractivity contribution in [2.75, 3.05) is 11.5 Å². The fourth-order valence-electron chi connectivity index (χ4n) is 8.60. The van der Waals surface area contributed by atoms with Gasteiger partial charge < -0.3 is 11.5 Å². The highest BCUT2D eigenvalue weighted by Crippen LogP contribution is 2.52. The molecule has 54 heavy (non-hydrogen) atoms. The van der Waals surface area contributed by atoms with E-state index in [1.807, 2.05) is 0 Å². The smallest absolute Gasteiger partial charge is 0.0400 e. The van der Waals surface area contributed by atoms with Crippen LogP contribution in [-0.2, 0) is 0 Å². The molecule has 0 saturated heterocycles. The average Bonchev–Trinajstić information content (AvgIpc) is 3.23. The summed E-state index contributed by atoms with van der Waals surface area (Å²) in [5.41, 5.74) is 26.7. The maximum atomic E-state index is 7.18. The van der Waals surface area contributed by atoms with Gasteiger partial charge in [0, 0.05) is 33.6 Å². The Labute approximate surface area is 314 Å². The molecule has 0 spiro atoms. The van der Waals surface area contributed by atoms with E-state index < -0.39 is 0 Å². The Kier molecular flexibility index (Phi) is 7.49. The van der Waals surface area contributed by atoms with Crippen molar-refractivity contribution in [2.45, 2.75) is 0 Å². The second-order valence-electron chi connectivity index (χ2n) is 14.0. The van der Waals surface area contributed by atoms with Crippen molar-refractivity contribution in [1.82, 2.24) is 0 Å². The van der Waals surface area contributed by atoms with Crippen molar-refractivity contribution in [1.29, 1.82) is 0 Å². The number of hydrogen-bond donors (Lipinski definition) is 2. The van der Waals surface area contributed by atoms with Gasteiger partial charge in [0.2, 0.25) is 0 Å². The minimum Gasteiger partial charge on any atom is -0.398 e. The first-order chi connectivity index (χ1) is 26.7. The lowest BCUT2D eigenvalue weighted by atomic mass is 9.79. The Balaban J connectivity index is 1.41. The van der Waals surface area contributed by atoms with Crippen LogP contribution in [0.4, 0.5) is 11.4 Å². The van der Waals surface area contributed by atoms with Gasteiger partial charge in [-0.1, -0.05) is 182 Å². The SMILES string of the molecule is Nc1ccc(-c2ccc(N)c(-c3cccc4ccccc34)c2-c2cccc3ccccc23)c(-c2cccc3ccccc23)c1-c1cccc2ccccc12. The second kappa shape index (κ2) is 12.8. The van der Waals surface area contributed by atoms with Gasteiger partial charge in [-0.3, -0.25) is 0 Å². The van der Waals surface area contributed by atoms with Crippen LogP contribution in [0.15, 0.2) is 194 Å². The lowest BCUT2D eigenvalue weighted by Gasteiger charge is -2.25. The molecule has 0 aromatic heterocycles. The highest BCUT2D eigenvalue weighted by atomic mass is 14.6.